The van der Waals surface area contributed by atoms with Crippen LogP contribution in [-0.4, -0.2) is 30.7 Å². The van der Waals surface area contributed by atoms with Crippen LogP contribution in [0.1, 0.15) is 30.5 Å². The summed E-state index contributed by atoms with van der Waals surface area (Å²) in [5, 5.41) is 11.5. The topological polar surface area (TPSA) is 84.9 Å². The van der Waals surface area contributed by atoms with Gasteiger partial charge in [-0.3, -0.25) is 9.59 Å². The third-order valence-electron chi connectivity index (χ3n) is 3.27. The van der Waals surface area contributed by atoms with Gasteiger partial charge in [0.15, 0.2) is 0 Å². The molecule has 0 aliphatic carbocycles. The molecular weight excluding hydrogens is 262 g/mol. The Kier molecular flexibility index (Phi) is 4.12. The second-order valence-electron chi connectivity index (χ2n) is 4.77. The van der Waals surface area contributed by atoms with Crippen molar-refractivity contribution < 1.29 is 24.2 Å². The molecule has 2 N–H and O–H groups in total. The van der Waals surface area contributed by atoms with Crippen molar-refractivity contribution in [2.45, 2.75) is 31.9 Å². The van der Waals surface area contributed by atoms with Crippen LogP contribution in [0.3, 0.4) is 0 Å². The lowest BCUT2D eigenvalue weighted by Crippen LogP contribution is -2.23. The number of benzene rings is 1. The van der Waals surface area contributed by atoms with Gasteiger partial charge in [0.05, 0.1) is 19.6 Å². The van der Waals surface area contributed by atoms with E-state index in [9.17, 15) is 9.59 Å². The number of methoxy groups -OCH3 is 1. The molecule has 1 amide bonds. The largest absolute Gasteiger partial charge is 0.496 e. The Morgan fingerprint density at radius 3 is 3.00 bits per heavy atom. The molecule has 0 aromatic heterocycles. The molecule has 20 heavy (non-hydrogen) atoms. The first kappa shape index (κ1) is 14.2. The number of carboxylic acids is 1. The molecule has 0 saturated carbocycles. The van der Waals surface area contributed by atoms with Gasteiger partial charge in [-0.15, -0.1) is 0 Å². The van der Waals surface area contributed by atoms with E-state index in [0.29, 0.717) is 17.7 Å². The van der Waals surface area contributed by atoms with E-state index in [0.717, 1.165) is 17.7 Å². The average Bonchev–Trinajstić information content (AvgIpc) is 2.75. The minimum Gasteiger partial charge on any atom is -0.496 e. The summed E-state index contributed by atoms with van der Waals surface area (Å²) in [6.45, 7) is 1.96. The predicted molar refractivity (Wildman–Crippen MR) is 71.0 cm³/mol. The van der Waals surface area contributed by atoms with Crippen LogP contribution in [0, 0.1) is 0 Å². The molecule has 6 nitrogen and oxygen atoms in total. The van der Waals surface area contributed by atoms with Crippen LogP contribution >= 0.6 is 0 Å². The lowest BCUT2D eigenvalue weighted by Gasteiger charge is -2.18. The van der Waals surface area contributed by atoms with Crippen LogP contribution in [0.25, 0.3) is 0 Å². The van der Waals surface area contributed by atoms with E-state index >= 15 is 0 Å². The number of fused-ring (bicyclic) bond motifs is 1. The summed E-state index contributed by atoms with van der Waals surface area (Å²) in [6.07, 6.45) is 1.14. The summed E-state index contributed by atoms with van der Waals surface area (Å²) in [7, 11) is 1.52. The zero-order chi connectivity index (χ0) is 14.7. The Morgan fingerprint density at radius 2 is 2.40 bits per heavy atom. The summed E-state index contributed by atoms with van der Waals surface area (Å²) in [5.74, 6) is 0.277. The van der Waals surface area contributed by atoms with E-state index in [1.807, 2.05) is 13.0 Å². The third-order valence-corrected chi connectivity index (χ3v) is 3.27. The number of ether oxygens (including phenoxy) is 2. The van der Waals surface area contributed by atoms with E-state index in [4.69, 9.17) is 14.6 Å². The monoisotopic (exact) mass is 279 g/mol. The van der Waals surface area contributed by atoms with Gasteiger partial charge >= 0.3 is 5.97 Å². The molecular formula is C14H17NO5. The second kappa shape index (κ2) is 5.81. The molecule has 1 aliphatic rings. The van der Waals surface area contributed by atoms with Crippen LogP contribution < -0.4 is 14.8 Å². The molecule has 2 rings (SSSR count). The molecule has 1 unspecified atom stereocenters. The first-order valence-electron chi connectivity index (χ1n) is 6.34. The number of carbonyl (C=O) groups is 2. The minimum absolute atomic E-state index is 0.0851. The number of carboxylic acid groups (broad SMARTS) is 1. The van der Waals surface area contributed by atoms with Gasteiger partial charge in [-0.2, -0.15) is 0 Å². The molecule has 0 saturated heterocycles. The summed E-state index contributed by atoms with van der Waals surface area (Å²) >= 11 is 0. The molecule has 6 heteroatoms. The number of hydrogen-bond acceptors (Lipinski definition) is 4. The van der Waals surface area contributed by atoms with Crippen molar-refractivity contribution in [3.05, 3.63) is 23.3 Å². The number of amides is 1. The van der Waals surface area contributed by atoms with Gasteiger partial charge in [-0.1, -0.05) is 0 Å². The highest BCUT2D eigenvalue weighted by atomic mass is 16.5. The smallest absolute Gasteiger partial charge is 0.305 e. The summed E-state index contributed by atoms with van der Waals surface area (Å²) in [5.41, 5.74) is 1.63. The molecule has 1 heterocycles. The van der Waals surface area contributed by atoms with Crippen molar-refractivity contribution in [3.63, 3.8) is 0 Å². The Hall–Kier alpha value is -2.24. The Bertz CT molecular complexity index is 529. The quantitative estimate of drug-likeness (QED) is 0.766. The van der Waals surface area contributed by atoms with Gasteiger partial charge in [0, 0.05) is 17.5 Å². The summed E-state index contributed by atoms with van der Waals surface area (Å²) in [6, 6.07) is 2.95. The van der Waals surface area contributed by atoms with Gasteiger partial charge in [0.25, 0.3) is 0 Å². The standard InChI is InChI=1S/C14H17NO5/c1-8-3-9-4-13(19-2)10(5-12(9)20-8)11(15-7-16)6-14(17)18/h4-5,7-8,11H,3,6H2,1-2H3,(H,15,16)(H,17,18)/t8?,11-/m1/s1. The van der Waals surface area contributed by atoms with Gasteiger partial charge < -0.3 is 19.9 Å². The van der Waals surface area contributed by atoms with E-state index in [1.165, 1.54) is 7.11 Å². The van der Waals surface area contributed by atoms with E-state index in [-0.39, 0.29) is 12.5 Å². The fourth-order valence-corrected chi connectivity index (χ4v) is 2.42. The second-order valence-corrected chi connectivity index (χ2v) is 4.77. The number of aliphatic carboxylic acids is 1. The molecule has 2 atom stereocenters. The minimum atomic E-state index is -0.999. The molecule has 0 spiro atoms. The van der Waals surface area contributed by atoms with Crippen molar-refractivity contribution in [1.29, 1.82) is 0 Å². The maximum Gasteiger partial charge on any atom is 0.305 e. The van der Waals surface area contributed by atoms with E-state index in [2.05, 4.69) is 5.32 Å². The molecule has 0 bridgehead atoms. The maximum atomic E-state index is 10.9. The van der Waals surface area contributed by atoms with E-state index in [1.54, 1.807) is 6.07 Å². The molecule has 1 aromatic carbocycles. The Labute approximate surface area is 116 Å². The molecule has 0 fully saturated rings. The highest BCUT2D eigenvalue weighted by Crippen LogP contribution is 2.38. The van der Waals surface area contributed by atoms with Crippen molar-refractivity contribution in [3.8, 4) is 11.5 Å². The zero-order valence-electron chi connectivity index (χ0n) is 11.4. The average molecular weight is 279 g/mol. The first-order valence-corrected chi connectivity index (χ1v) is 6.34. The summed E-state index contributed by atoms with van der Waals surface area (Å²) < 4.78 is 11.0. The number of carbonyl (C=O) groups excluding carboxylic acids is 1. The van der Waals surface area contributed by atoms with Crippen LogP contribution in [0.2, 0.25) is 0 Å². The first-order chi connectivity index (χ1) is 9.55. The van der Waals surface area contributed by atoms with Crippen LogP contribution in [-0.2, 0) is 16.0 Å². The van der Waals surface area contributed by atoms with Crippen molar-refractivity contribution in [1.82, 2.24) is 5.32 Å². The molecule has 108 valence electrons. The number of nitrogens with one attached hydrogen (secondary N) is 1. The van der Waals surface area contributed by atoms with Crippen LogP contribution in [0.5, 0.6) is 11.5 Å². The van der Waals surface area contributed by atoms with Crippen molar-refractivity contribution >= 4 is 12.4 Å². The fourth-order valence-electron chi connectivity index (χ4n) is 2.42. The van der Waals surface area contributed by atoms with Crippen LogP contribution in [0.4, 0.5) is 0 Å². The maximum absolute atomic E-state index is 10.9. The lowest BCUT2D eigenvalue weighted by molar-refractivity contribution is -0.137. The summed E-state index contributed by atoms with van der Waals surface area (Å²) in [4.78, 5) is 21.6. The number of hydrogen-bond donors (Lipinski definition) is 2. The molecule has 0 radical (unpaired) electrons. The SMILES string of the molecule is COc1cc2c(cc1[C@@H](CC(=O)O)NC=O)OC(C)C2. The Balaban J connectivity index is 2.40. The van der Waals surface area contributed by atoms with Gasteiger partial charge in [0.2, 0.25) is 6.41 Å². The highest BCUT2D eigenvalue weighted by molar-refractivity contribution is 5.69. The van der Waals surface area contributed by atoms with Gasteiger partial charge in [-0.05, 0) is 19.1 Å². The highest BCUT2D eigenvalue weighted by Gasteiger charge is 2.25. The van der Waals surface area contributed by atoms with Gasteiger partial charge in [0.1, 0.15) is 17.6 Å². The van der Waals surface area contributed by atoms with Gasteiger partial charge in [-0.25, -0.2) is 0 Å². The van der Waals surface area contributed by atoms with Crippen molar-refractivity contribution in [2.24, 2.45) is 0 Å². The molecule has 1 aliphatic heterocycles. The number of rotatable bonds is 6. The normalized spacial score (nSPS) is 17.8. The Morgan fingerprint density at radius 1 is 1.65 bits per heavy atom. The van der Waals surface area contributed by atoms with Crippen molar-refractivity contribution in [2.75, 3.05) is 7.11 Å². The zero-order valence-corrected chi connectivity index (χ0v) is 11.4. The van der Waals surface area contributed by atoms with E-state index < -0.39 is 12.0 Å². The third kappa shape index (κ3) is 2.84. The fraction of sp³-hybridized carbons (Fsp3) is 0.429. The lowest BCUT2D eigenvalue weighted by atomic mass is 9.99. The van der Waals surface area contributed by atoms with Crippen LogP contribution in [0.15, 0.2) is 12.1 Å². The molecule has 1 aromatic rings. The predicted octanol–water partition coefficient (Wildman–Crippen LogP) is 1.28.